The molecular weight excluding hydrogens is 248 g/mol. The Labute approximate surface area is 109 Å². The summed E-state index contributed by atoms with van der Waals surface area (Å²) in [4.78, 5) is 0.337. The maximum Gasteiger partial charge on any atom is 0.240 e. The summed E-state index contributed by atoms with van der Waals surface area (Å²) in [6.07, 6.45) is 2.10. The lowest BCUT2D eigenvalue weighted by atomic mass is 10.0. The van der Waals surface area contributed by atoms with Gasteiger partial charge in [-0.05, 0) is 50.9 Å². The van der Waals surface area contributed by atoms with Crippen molar-refractivity contribution in [1.29, 1.82) is 0 Å². The quantitative estimate of drug-likeness (QED) is 0.868. The SMILES string of the molecule is Cc1cccc(S(=O)(=O)NCC2(C)CCCN2)c1. The van der Waals surface area contributed by atoms with Crippen LogP contribution in [0.4, 0.5) is 0 Å². The first-order chi connectivity index (χ1) is 8.41. The zero-order valence-corrected chi connectivity index (χ0v) is 11.7. The lowest BCUT2D eigenvalue weighted by Gasteiger charge is -2.24. The molecule has 1 saturated heterocycles. The van der Waals surface area contributed by atoms with Crippen molar-refractivity contribution in [1.82, 2.24) is 10.0 Å². The highest BCUT2D eigenvalue weighted by Gasteiger charge is 2.29. The molecule has 1 heterocycles. The monoisotopic (exact) mass is 268 g/mol. The average Bonchev–Trinajstić information content (AvgIpc) is 2.75. The van der Waals surface area contributed by atoms with Crippen molar-refractivity contribution in [2.75, 3.05) is 13.1 Å². The zero-order valence-electron chi connectivity index (χ0n) is 10.9. The first-order valence-corrected chi connectivity index (χ1v) is 7.71. The molecule has 2 rings (SSSR count). The number of benzene rings is 1. The molecular formula is C13H20N2O2S. The third kappa shape index (κ3) is 3.10. The molecule has 100 valence electrons. The van der Waals surface area contributed by atoms with Crippen LogP contribution in [0.3, 0.4) is 0 Å². The van der Waals surface area contributed by atoms with E-state index in [1.165, 1.54) is 0 Å². The van der Waals surface area contributed by atoms with Gasteiger partial charge in [0.15, 0.2) is 0 Å². The van der Waals surface area contributed by atoms with Gasteiger partial charge in [0.05, 0.1) is 4.90 Å². The van der Waals surface area contributed by atoms with Gasteiger partial charge in [0.1, 0.15) is 0 Å². The summed E-state index contributed by atoms with van der Waals surface area (Å²) >= 11 is 0. The molecule has 0 saturated carbocycles. The Morgan fingerprint density at radius 2 is 2.22 bits per heavy atom. The molecule has 1 aromatic rings. The molecule has 4 nitrogen and oxygen atoms in total. The van der Waals surface area contributed by atoms with Crippen LogP contribution in [-0.2, 0) is 10.0 Å². The molecule has 0 bridgehead atoms. The molecule has 1 aliphatic heterocycles. The summed E-state index contributed by atoms with van der Waals surface area (Å²) in [6.45, 7) is 5.34. The van der Waals surface area contributed by atoms with Crippen LogP contribution < -0.4 is 10.0 Å². The number of nitrogens with one attached hydrogen (secondary N) is 2. The van der Waals surface area contributed by atoms with E-state index in [1.54, 1.807) is 18.2 Å². The fraction of sp³-hybridized carbons (Fsp3) is 0.538. The zero-order chi connectivity index (χ0) is 13.2. The summed E-state index contributed by atoms with van der Waals surface area (Å²) in [6, 6.07) is 6.96. The van der Waals surface area contributed by atoms with E-state index >= 15 is 0 Å². The molecule has 0 aliphatic carbocycles. The summed E-state index contributed by atoms with van der Waals surface area (Å²) in [5.74, 6) is 0. The maximum atomic E-state index is 12.1. The predicted octanol–water partition coefficient (Wildman–Crippen LogP) is 1.42. The van der Waals surface area contributed by atoms with Crippen molar-refractivity contribution in [3.05, 3.63) is 29.8 Å². The molecule has 0 amide bonds. The minimum atomic E-state index is -3.40. The van der Waals surface area contributed by atoms with Crippen molar-refractivity contribution in [2.24, 2.45) is 0 Å². The van der Waals surface area contributed by atoms with Gasteiger partial charge in [-0.3, -0.25) is 0 Å². The Hall–Kier alpha value is -0.910. The second-order valence-electron chi connectivity index (χ2n) is 5.23. The molecule has 1 aliphatic rings. The second-order valence-corrected chi connectivity index (χ2v) is 7.00. The van der Waals surface area contributed by atoms with Crippen LogP contribution in [0.15, 0.2) is 29.2 Å². The lowest BCUT2D eigenvalue weighted by molar-refractivity contribution is 0.409. The molecule has 1 atom stereocenters. The third-order valence-electron chi connectivity index (χ3n) is 3.41. The summed E-state index contributed by atoms with van der Waals surface area (Å²) in [7, 11) is -3.40. The summed E-state index contributed by atoms with van der Waals surface area (Å²) in [5, 5.41) is 3.34. The van der Waals surface area contributed by atoms with E-state index in [0.717, 1.165) is 24.9 Å². The van der Waals surface area contributed by atoms with Crippen LogP contribution in [0.25, 0.3) is 0 Å². The number of sulfonamides is 1. The minimum absolute atomic E-state index is 0.114. The van der Waals surface area contributed by atoms with E-state index in [4.69, 9.17) is 0 Å². The smallest absolute Gasteiger partial charge is 0.240 e. The van der Waals surface area contributed by atoms with Crippen LogP contribution >= 0.6 is 0 Å². The fourth-order valence-corrected chi connectivity index (χ4v) is 3.50. The number of hydrogen-bond acceptors (Lipinski definition) is 3. The van der Waals surface area contributed by atoms with Crippen molar-refractivity contribution in [3.8, 4) is 0 Å². The first-order valence-electron chi connectivity index (χ1n) is 6.23. The first kappa shape index (κ1) is 13.5. The Morgan fingerprint density at radius 1 is 1.44 bits per heavy atom. The van der Waals surface area contributed by atoms with E-state index < -0.39 is 10.0 Å². The number of hydrogen-bond donors (Lipinski definition) is 2. The minimum Gasteiger partial charge on any atom is -0.310 e. The summed E-state index contributed by atoms with van der Waals surface area (Å²) < 4.78 is 27.0. The topological polar surface area (TPSA) is 58.2 Å². The largest absolute Gasteiger partial charge is 0.310 e. The molecule has 0 spiro atoms. The Balaban J connectivity index is 2.08. The number of rotatable bonds is 4. The lowest BCUT2D eigenvalue weighted by Crippen LogP contribution is -2.47. The van der Waals surface area contributed by atoms with E-state index in [9.17, 15) is 8.42 Å². The van der Waals surface area contributed by atoms with Gasteiger partial charge in [0.25, 0.3) is 0 Å². The van der Waals surface area contributed by atoms with Gasteiger partial charge < -0.3 is 5.32 Å². The van der Waals surface area contributed by atoms with Crippen LogP contribution in [0, 0.1) is 6.92 Å². The van der Waals surface area contributed by atoms with Crippen LogP contribution in [0.5, 0.6) is 0 Å². The van der Waals surface area contributed by atoms with Crippen molar-refractivity contribution < 1.29 is 8.42 Å². The van der Waals surface area contributed by atoms with Gasteiger partial charge in [-0.2, -0.15) is 0 Å². The normalized spacial score (nSPS) is 24.3. The van der Waals surface area contributed by atoms with Gasteiger partial charge in [-0.15, -0.1) is 0 Å². The Kier molecular flexibility index (Phi) is 3.75. The molecule has 2 N–H and O–H groups in total. The number of aryl methyl sites for hydroxylation is 1. The van der Waals surface area contributed by atoms with E-state index in [1.807, 2.05) is 13.0 Å². The standard InChI is InChI=1S/C13H20N2O2S/c1-11-5-3-6-12(9-11)18(16,17)15-10-13(2)7-4-8-14-13/h3,5-6,9,14-15H,4,7-8,10H2,1-2H3. The molecule has 1 fully saturated rings. The van der Waals surface area contributed by atoms with Crippen molar-refractivity contribution >= 4 is 10.0 Å². The van der Waals surface area contributed by atoms with Crippen LogP contribution in [0.1, 0.15) is 25.3 Å². The van der Waals surface area contributed by atoms with Crippen LogP contribution in [0.2, 0.25) is 0 Å². The van der Waals surface area contributed by atoms with E-state index in [0.29, 0.717) is 11.4 Å². The summed E-state index contributed by atoms with van der Waals surface area (Å²) in [5.41, 5.74) is 0.833. The Morgan fingerprint density at radius 3 is 2.83 bits per heavy atom. The fourth-order valence-electron chi connectivity index (χ4n) is 2.23. The molecule has 1 unspecified atom stereocenters. The van der Waals surface area contributed by atoms with Gasteiger partial charge in [-0.1, -0.05) is 12.1 Å². The van der Waals surface area contributed by atoms with E-state index in [-0.39, 0.29) is 5.54 Å². The molecule has 5 heteroatoms. The van der Waals surface area contributed by atoms with Crippen molar-refractivity contribution in [3.63, 3.8) is 0 Å². The second kappa shape index (κ2) is 4.99. The predicted molar refractivity (Wildman–Crippen MR) is 72.0 cm³/mol. The van der Waals surface area contributed by atoms with Crippen LogP contribution in [-0.4, -0.2) is 27.0 Å². The maximum absolute atomic E-state index is 12.1. The average molecular weight is 268 g/mol. The Bertz CT molecular complexity index is 520. The van der Waals surface area contributed by atoms with Gasteiger partial charge in [0.2, 0.25) is 10.0 Å². The highest BCUT2D eigenvalue weighted by molar-refractivity contribution is 7.89. The highest BCUT2D eigenvalue weighted by atomic mass is 32.2. The van der Waals surface area contributed by atoms with Gasteiger partial charge >= 0.3 is 0 Å². The molecule has 0 radical (unpaired) electrons. The molecule has 0 aromatic heterocycles. The van der Waals surface area contributed by atoms with E-state index in [2.05, 4.69) is 17.0 Å². The highest BCUT2D eigenvalue weighted by Crippen LogP contribution is 2.18. The molecule has 1 aromatic carbocycles. The van der Waals surface area contributed by atoms with Gasteiger partial charge in [0, 0.05) is 12.1 Å². The third-order valence-corrected chi connectivity index (χ3v) is 4.81. The van der Waals surface area contributed by atoms with Gasteiger partial charge in [-0.25, -0.2) is 13.1 Å². The van der Waals surface area contributed by atoms with Crippen molar-refractivity contribution in [2.45, 2.75) is 37.1 Å². The molecule has 18 heavy (non-hydrogen) atoms.